The molecule has 178 valence electrons. The number of hydrogen-bond donors (Lipinski definition) is 0. The van der Waals surface area contributed by atoms with Crippen molar-refractivity contribution in [1.82, 2.24) is 9.80 Å². The number of amides is 2. The van der Waals surface area contributed by atoms with E-state index in [1.807, 2.05) is 72.2 Å². The summed E-state index contributed by atoms with van der Waals surface area (Å²) >= 11 is 0. The molecule has 2 aromatic carbocycles. The fraction of sp³-hybridized carbons (Fsp3) is 0.481. The van der Waals surface area contributed by atoms with Gasteiger partial charge in [0.05, 0.1) is 12.2 Å². The molecule has 6 nitrogen and oxygen atoms in total. The van der Waals surface area contributed by atoms with Crippen molar-refractivity contribution >= 4 is 11.8 Å². The SMILES string of the molecule is CCC(C)Oc1cccc(C(=O)N2CCCN(C(=O)c3cccc(OC(C)CC)c3)CC2)c1. The lowest BCUT2D eigenvalue weighted by Gasteiger charge is -2.23. The molecule has 0 saturated carbocycles. The van der Waals surface area contributed by atoms with E-state index in [9.17, 15) is 9.59 Å². The maximum atomic E-state index is 13.1. The van der Waals surface area contributed by atoms with Gasteiger partial charge in [-0.15, -0.1) is 0 Å². The molecule has 0 radical (unpaired) electrons. The fourth-order valence-electron chi connectivity index (χ4n) is 3.72. The van der Waals surface area contributed by atoms with E-state index in [1.165, 1.54) is 0 Å². The van der Waals surface area contributed by atoms with Crippen LogP contribution >= 0.6 is 0 Å². The van der Waals surface area contributed by atoms with E-state index in [0.717, 1.165) is 19.3 Å². The van der Waals surface area contributed by atoms with Crippen LogP contribution in [0.4, 0.5) is 0 Å². The van der Waals surface area contributed by atoms with Crippen LogP contribution in [0.1, 0.15) is 67.7 Å². The average molecular weight is 453 g/mol. The molecule has 3 rings (SSSR count). The van der Waals surface area contributed by atoms with Crippen LogP contribution in [0.15, 0.2) is 48.5 Å². The molecule has 0 aromatic heterocycles. The van der Waals surface area contributed by atoms with Crippen LogP contribution in [0.5, 0.6) is 11.5 Å². The van der Waals surface area contributed by atoms with E-state index in [0.29, 0.717) is 48.8 Å². The van der Waals surface area contributed by atoms with E-state index < -0.39 is 0 Å². The molecule has 0 N–H and O–H groups in total. The second kappa shape index (κ2) is 11.7. The molecule has 2 atom stereocenters. The van der Waals surface area contributed by atoms with Gasteiger partial charge in [0, 0.05) is 37.3 Å². The summed E-state index contributed by atoms with van der Waals surface area (Å²) in [5.41, 5.74) is 1.23. The largest absolute Gasteiger partial charge is 0.491 e. The minimum Gasteiger partial charge on any atom is -0.491 e. The zero-order chi connectivity index (χ0) is 23.8. The van der Waals surface area contributed by atoms with Crippen LogP contribution in [0.2, 0.25) is 0 Å². The van der Waals surface area contributed by atoms with Crippen molar-refractivity contribution < 1.29 is 19.1 Å². The first kappa shape index (κ1) is 24.6. The van der Waals surface area contributed by atoms with Crippen molar-refractivity contribution in [3.8, 4) is 11.5 Å². The highest BCUT2D eigenvalue weighted by Crippen LogP contribution is 2.20. The summed E-state index contributed by atoms with van der Waals surface area (Å²) in [6.45, 7) is 10.4. The number of carbonyl (C=O) groups excluding carboxylic acids is 2. The summed E-state index contributed by atoms with van der Waals surface area (Å²) in [6.07, 6.45) is 2.75. The number of carbonyl (C=O) groups is 2. The van der Waals surface area contributed by atoms with Crippen molar-refractivity contribution in [3.63, 3.8) is 0 Å². The Hall–Kier alpha value is -3.02. The van der Waals surface area contributed by atoms with Crippen LogP contribution in [0.25, 0.3) is 0 Å². The number of nitrogens with zero attached hydrogens (tertiary/aromatic N) is 2. The summed E-state index contributed by atoms with van der Waals surface area (Å²) < 4.78 is 11.7. The van der Waals surface area contributed by atoms with Gasteiger partial charge in [-0.25, -0.2) is 0 Å². The molecule has 0 aliphatic carbocycles. The lowest BCUT2D eigenvalue weighted by molar-refractivity contribution is 0.0718. The van der Waals surface area contributed by atoms with E-state index >= 15 is 0 Å². The molecule has 2 amide bonds. The molecule has 1 aliphatic heterocycles. The molecular formula is C27H36N2O4. The molecule has 1 heterocycles. The molecular weight excluding hydrogens is 416 g/mol. The first-order valence-electron chi connectivity index (χ1n) is 12.0. The molecule has 2 aromatic rings. The van der Waals surface area contributed by atoms with E-state index in [-0.39, 0.29) is 24.0 Å². The van der Waals surface area contributed by atoms with E-state index in [2.05, 4.69) is 13.8 Å². The van der Waals surface area contributed by atoms with Crippen molar-refractivity contribution in [2.45, 2.75) is 59.2 Å². The first-order valence-corrected chi connectivity index (χ1v) is 12.0. The third kappa shape index (κ3) is 6.73. The number of hydrogen-bond acceptors (Lipinski definition) is 4. The van der Waals surface area contributed by atoms with E-state index in [4.69, 9.17) is 9.47 Å². The maximum Gasteiger partial charge on any atom is 0.254 e. The third-order valence-corrected chi connectivity index (χ3v) is 6.06. The molecule has 0 spiro atoms. The minimum atomic E-state index is -0.0251. The highest BCUT2D eigenvalue weighted by Gasteiger charge is 2.24. The number of ether oxygens (including phenoxy) is 2. The number of rotatable bonds is 8. The summed E-state index contributed by atoms with van der Waals surface area (Å²) in [7, 11) is 0. The Morgan fingerprint density at radius 1 is 0.758 bits per heavy atom. The van der Waals surface area contributed by atoms with Gasteiger partial charge in [0.15, 0.2) is 0 Å². The predicted octanol–water partition coefficient (Wildman–Crippen LogP) is 5.03. The zero-order valence-electron chi connectivity index (χ0n) is 20.3. The normalized spacial score (nSPS) is 16.0. The van der Waals surface area contributed by atoms with Crippen molar-refractivity contribution in [2.75, 3.05) is 26.2 Å². The smallest absolute Gasteiger partial charge is 0.254 e. The van der Waals surface area contributed by atoms with Gasteiger partial charge in [-0.1, -0.05) is 26.0 Å². The van der Waals surface area contributed by atoms with Gasteiger partial charge in [0.2, 0.25) is 0 Å². The second-order valence-electron chi connectivity index (χ2n) is 8.67. The van der Waals surface area contributed by atoms with Gasteiger partial charge in [-0.3, -0.25) is 9.59 Å². The Bertz CT molecular complexity index is 870. The van der Waals surface area contributed by atoms with Crippen molar-refractivity contribution in [2.24, 2.45) is 0 Å². The minimum absolute atomic E-state index is 0.0251. The van der Waals surface area contributed by atoms with Gasteiger partial charge >= 0.3 is 0 Å². The van der Waals surface area contributed by atoms with Crippen LogP contribution in [0.3, 0.4) is 0 Å². The van der Waals surface area contributed by atoms with Crippen molar-refractivity contribution in [3.05, 3.63) is 59.7 Å². The highest BCUT2D eigenvalue weighted by atomic mass is 16.5. The fourth-order valence-corrected chi connectivity index (χ4v) is 3.72. The molecule has 1 fully saturated rings. The van der Waals surface area contributed by atoms with Gasteiger partial charge in [0.1, 0.15) is 11.5 Å². The van der Waals surface area contributed by atoms with Crippen LogP contribution in [-0.4, -0.2) is 60.0 Å². The van der Waals surface area contributed by atoms with Crippen LogP contribution in [-0.2, 0) is 0 Å². The Kier molecular flexibility index (Phi) is 8.75. The molecule has 33 heavy (non-hydrogen) atoms. The Morgan fingerprint density at radius 2 is 1.18 bits per heavy atom. The third-order valence-electron chi connectivity index (χ3n) is 6.06. The van der Waals surface area contributed by atoms with Gasteiger partial charge < -0.3 is 19.3 Å². The van der Waals surface area contributed by atoms with E-state index in [1.54, 1.807) is 0 Å². The standard InChI is InChI=1S/C27H36N2O4/c1-5-20(3)32-24-12-7-10-22(18-24)26(30)28-14-9-15-29(17-16-28)27(31)23-11-8-13-25(19-23)33-21(4)6-2/h7-8,10-13,18-21H,5-6,9,14-17H2,1-4H3. The topological polar surface area (TPSA) is 59.1 Å². The molecule has 0 bridgehead atoms. The van der Waals surface area contributed by atoms with Crippen LogP contribution < -0.4 is 9.47 Å². The van der Waals surface area contributed by atoms with Crippen LogP contribution in [0, 0.1) is 0 Å². The molecule has 2 unspecified atom stereocenters. The van der Waals surface area contributed by atoms with Gasteiger partial charge in [0.25, 0.3) is 11.8 Å². The van der Waals surface area contributed by atoms with Gasteiger partial charge in [-0.2, -0.15) is 0 Å². The predicted molar refractivity (Wildman–Crippen MR) is 130 cm³/mol. The maximum absolute atomic E-state index is 13.1. The Labute approximate surface area is 197 Å². The van der Waals surface area contributed by atoms with Gasteiger partial charge in [-0.05, 0) is 69.5 Å². The summed E-state index contributed by atoms with van der Waals surface area (Å²) in [4.78, 5) is 29.9. The lowest BCUT2D eigenvalue weighted by Crippen LogP contribution is -2.37. The summed E-state index contributed by atoms with van der Waals surface area (Å²) in [6, 6.07) is 14.7. The average Bonchev–Trinajstić information content (AvgIpc) is 3.09. The zero-order valence-corrected chi connectivity index (χ0v) is 20.3. The highest BCUT2D eigenvalue weighted by molar-refractivity contribution is 5.96. The quantitative estimate of drug-likeness (QED) is 0.564. The molecule has 6 heteroatoms. The lowest BCUT2D eigenvalue weighted by atomic mass is 10.1. The Morgan fingerprint density at radius 3 is 1.58 bits per heavy atom. The molecule has 1 aliphatic rings. The van der Waals surface area contributed by atoms with Crippen molar-refractivity contribution in [1.29, 1.82) is 0 Å². The summed E-state index contributed by atoms with van der Waals surface area (Å²) in [5.74, 6) is 1.37. The summed E-state index contributed by atoms with van der Waals surface area (Å²) in [5, 5.41) is 0. The Balaban J connectivity index is 1.63. The monoisotopic (exact) mass is 452 g/mol. The second-order valence-corrected chi connectivity index (χ2v) is 8.67. The molecule has 1 saturated heterocycles. The first-order chi connectivity index (χ1) is 15.9. The number of benzene rings is 2.